The summed E-state index contributed by atoms with van der Waals surface area (Å²) in [4.78, 5) is 2.38. The van der Waals surface area contributed by atoms with Gasteiger partial charge < -0.3 is 15.4 Å². The van der Waals surface area contributed by atoms with Crippen molar-refractivity contribution in [3.8, 4) is 0 Å². The summed E-state index contributed by atoms with van der Waals surface area (Å²) in [6, 6.07) is 0.689. The molecular formula is C14H26N4O. The van der Waals surface area contributed by atoms with Gasteiger partial charge in [-0.15, -0.1) is 0 Å². The molecule has 1 aromatic rings. The molecular weight excluding hydrogens is 240 g/mol. The summed E-state index contributed by atoms with van der Waals surface area (Å²) < 4.78 is 7.81. The Hall–Kier alpha value is -1.23. The van der Waals surface area contributed by atoms with Crippen LogP contribution in [0, 0.1) is 6.92 Å². The van der Waals surface area contributed by atoms with Gasteiger partial charge in [0, 0.05) is 12.6 Å². The van der Waals surface area contributed by atoms with Gasteiger partial charge in [0.15, 0.2) is 5.82 Å². The van der Waals surface area contributed by atoms with E-state index in [1.165, 1.54) is 0 Å². The molecule has 0 spiro atoms. The van der Waals surface area contributed by atoms with Gasteiger partial charge in [-0.25, -0.2) is 4.68 Å². The first-order chi connectivity index (χ1) is 8.95. The van der Waals surface area contributed by atoms with Gasteiger partial charge in [-0.1, -0.05) is 6.92 Å². The van der Waals surface area contributed by atoms with Crippen LogP contribution in [0.4, 0.5) is 11.5 Å². The minimum Gasteiger partial charge on any atom is -0.394 e. The normalized spacial score (nSPS) is 24.2. The number of nitrogens with zero attached hydrogens (tertiary/aromatic N) is 3. The standard InChI is InChI=1S/C14H26N4O/c1-6-12-8-19-10(4)7-17(12)14-13(15)11(5)16-18(14)9(2)3/h9-10,12H,6-8,15H2,1-5H3. The Morgan fingerprint density at radius 2 is 2.16 bits per heavy atom. The zero-order valence-electron chi connectivity index (χ0n) is 12.7. The van der Waals surface area contributed by atoms with Crippen molar-refractivity contribution in [3.05, 3.63) is 5.69 Å². The van der Waals surface area contributed by atoms with Crippen LogP contribution >= 0.6 is 0 Å². The SMILES string of the molecule is CCC1COC(C)CN1c1c(N)c(C)nn1C(C)C. The topological polar surface area (TPSA) is 56.3 Å². The fourth-order valence-electron chi connectivity index (χ4n) is 2.64. The Labute approximate surface area is 115 Å². The molecule has 0 amide bonds. The van der Waals surface area contributed by atoms with Crippen molar-refractivity contribution in [2.24, 2.45) is 0 Å². The predicted molar refractivity (Wildman–Crippen MR) is 78.6 cm³/mol. The van der Waals surface area contributed by atoms with Gasteiger partial charge >= 0.3 is 0 Å². The molecule has 0 aromatic carbocycles. The molecule has 1 aromatic heterocycles. The average molecular weight is 266 g/mol. The van der Waals surface area contributed by atoms with Crippen LogP contribution < -0.4 is 10.6 Å². The molecule has 1 saturated heterocycles. The molecule has 2 atom stereocenters. The maximum absolute atomic E-state index is 6.27. The third-order valence-corrected chi connectivity index (χ3v) is 3.81. The highest BCUT2D eigenvalue weighted by Gasteiger charge is 2.30. The summed E-state index contributed by atoms with van der Waals surface area (Å²) in [6.07, 6.45) is 1.28. The molecule has 5 nitrogen and oxygen atoms in total. The number of morpholine rings is 1. The quantitative estimate of drug-likeness (QED) is 0.912. The van der Waals surface area contributed by atoms with E-state index in [-0.39, 0.29) is 6.10 Å². The van der Waals surface area contributed by atoms with Crippen molar-refractivity contribution in [1.29, 1.82) is 0 Å². The second kappa shape index (κ2) is 5.41. The molecule has 0 aliphatic carbocycles. The molecule has 108 valence electrons. The molecule has 1 aliphatic heterocycles. The lowest BCUT2D eigenvalue weighted by Crippen LogP contribution is -2.49. The number of aryl methyl sites for hydroxylation is 1. The summed E-state index contributed by atoms with van der Waals surface area (Å²) in [5.41, 5.74) is 7.99. The summed E-state index contributed by atoms with van der Waals surface area (Å²) in [5, 5.41) is 4.59. The number of ether oxygens (including phenoxy) is 1. The van der Waals surface area contributed by atoms with Crippen LogP contribution in [-0.4, -0.2) is 35.1 Å². The zero-order valence-corrected chi connectivity index (χ0v) is 12.7. The number of hydrogen-bond acceptors (Lipinski definition) is 4. The lowest BCUT2D eigenvalue weighted by Gasteiger charge is -2.40. The van der Waals surface area contributed by atoms with Crippen molar-refractivity contribution in [2.75, 3.05) is 23.8 Å². The van der Waals surface area contributed by atoms with E-state index in [1.54, 1.807) is 0 Å². The number of aromatic nitrogens is 2. The minimum absolute atomic E-state index is 0.234. The third kappa shape index (κ3) is 2.56. The monoisotopic (exact) mass is 266 g/mol. The molecule has 0 bridgehead atoms. The van der Waals surface area contributed by atoms with Crippen LogP contribution in [0.3, 0.4) is 0 Å². The highest BCUT2D eigenvalue weighted by Crippen LogP contribution is 2.33. The van der Waals surface area contributed by atoms with Crippen molar-refractivity contribution in [3.63, 3.8) is 0 Å². The van der Waals surface area contributed by atoms with Crippen molar-refractivity contribution in [2.45, 2.75) is 59.2 Å². The van der Waals surface area contributed by atoms with E-state index in [1.807, 2.05) is 11.6 Å². The molecule has 2 unspecified atom stereocenters. The Kier molecular flexibility index (Phi) is 4.04. The van der Waals surface area contributed by atoms with Gasteiger partial charge in [0.05, 0.1) is 30.1 Å². The molecule has 2 rings (SSSR count). The second-order valence-corrected chi connectivity index (χ2v) is 5.72. The van der Waals surface area contributed by atoms with Gasteiger partial charge in [-0.2, -0.15) is 5.10 Å². The van der Waals surface area contributed by atoms with Gasteiger partial charge in [0.25, 0.3) is 0 Å². The van der Waals surface area contributed by atoms with Crippen LogP contribution in [-0.2, 0) is 4.74 Å². The van der Waals surface area contributed by atoms with Crippen LogP contribution in [0.15, 0.2) is 0 Å². The first-order valence-electron chi connectivity index (χ1n) is 7.18. The van der Waals surface area contributed by atoms with Crippen LogP contribution in [0.2, 0.25) is 0 Å². The number of rotatable bonds is 3. The van der Waals surface area contributed by atoms with E-state index >= 15 is 0 Å². The van der Waals surface area contributed by atoms with E-state index in [2.05, 4.69) is 37.7 Å². The molecule has 2 heterocycles. The molecule has 1 fully saturated rings. The minimum atomic E-state index is 0.234. The zero-order chi connectivity index (χ0) is 14.2. The number of hydrogen-bond donors (Lipinski definition) is 1. The Bertz CT molecular complexity index is 441. The average Bonchev–Trinajstić information content (AvgIpc) is 2.66. The third-order valence-electron chi connectivity index (χ3n) is 3.81. The molecule has 5 heteroatoms. The summed E-state index contributed by atoms with van der Waals surface area (Å²) in [6.45, 7) is 12.2. The Morgan fingerprint density at radius 3 is 2.74 bits per heavy atom. The van der Waals surface area contributed by atoms with Crippen molar-refractivity contribution < 1.29 is 4.74 Å². The number of nitrogens with two attached hydrogens (primary N) is 1. The van der Waals surface area contributed by atoms with E-state index in [4.69, 9.17) is 10.5 Å². The van der Waals surface area contributed by atoms with Crippen LogP contribution in [0.5, 0.6) is 0 Å². The molecule has 0 radical (unpaired) electrons. The van der Waals surface area contributed by atoms with E-state index in [9.17, 15) is 0 Å². The predicted octanol–water partition coefficient (Wildman–Crippen LogP) is 2.36. The van der Waals surface area contributed by atoms with E-state index in [0.29, 0.717) is 12.1 Å². The summed E-state index contributed by atoms with van der Waals surface area (Å²) in [5.74, 6) is 1.06. The molecule has 1 aliphatic rings. The van der Waals surface area contributed by atoms with Gasteiger partial charge in [-0.3, -0.25) is 0 Å². The lowest BCUT2D eigenvalue weighted by atomic mass is 10.1. The smallest absolute Gasteiger partial charge is 0.151 e. The summed E-state index contributed by atoms with van der Waals surface area (Å²) in [7, 11) is 0. The maximum atomic E-state index is 6.27. The fraction of sp³-hybridized carbons (Fsp3) is 0.786. The van der Waals surface area contributed by atoms with Gasteiger partial charge in [0.1, 0.15) is 0 Å². The highest BCUT2D eigenvalue weighted by atomic mass is 16.5. The number of anilines is 2. The van der Waals surface area contributed by atoms with E-state index < -0.39 is 0 Å². The molecule has 0 saturated carbocycles. The largest absolute Gasteiger partial charge is 0.394 e. The van der Waals surface area contributed by atoms with Crippen LogP contribution in [0.25, 0.3) is 0 Å². The van der Waals surface area contributed by atoms with Crippen molar-refractivity contribution >= 4 is 11.5 Å². The Morgan fingerprint density at radius 1 is 1.47 bits per heavy atom. The first kappa shape index (κ1) is 14.2. The lowest BCUT2D eigenvalue weighted by molar-refractivity contribution is 0.0292. The maximum Gasteiger partial charge on any atom is 0.151 e. The summed E-state index contributed by atoms with van der Waals surface area (Å²) >= 11 is 0. The number of nitrogen functional groups attached to an aromatic ring is 1. The molecule has 19 heavy (non-hydrogen) atoms. The van der Waals surface area contributed by atoms with E-state index in [0.717, 1.165) is 36.8 Å². The van der Waals surface area contributed by atoms with Crippen LogP contribution in [0.1, 0.15) is 45.9 Å². The highest BCUT2D eigenvalue weighted by molar-refractivity contribution is 5.67. The molecule has 2 N–H and O–H groups in total. The Balaban J connectivity index is 2.43. The van der Waals surface area contributed by atoms with Crippen molar-refractivity contribution in [1.82, 2.24) is 9.78 Å². The second-order valence-electron chi connectivity index (χ2n) is 5.72. The van der Waals surface area contributed by atoms with Gasteiger partial charge in [0.2, 0.25) is 0 Å². The van der Waals surface area contributed by atoms with Gasteiger partial charge in [-0.05, 0) is 34.1 Å². The first-order valence-corrected chi connectivity index (χ1v) is 7.18. The fourth-order valence-corrected chi connectivity index (χ4v) is 2.64.